The van der Waals surface area contributed by atoms with Gasteiger partial charge in [0.15, 0.2) is 0 Å². The van der Waals surface area contributed by atoms with Crippen LogP contribution < -0.4 is 0 Å². The lowest BCUT2D eigenvalue weighted by Gasteiger charge is -2.09. The maximum atomic E-state index is 9.78. The zero-order valence-corrected chi connectivity index (χ0v) is 10.1. The molecule has 0 aliphatic heterocycles. The fraction of sp³-hybridized carbons (Fsp3) is 0.500. The Balaban J connectivity index is 1.99. The number of rotatable bonds is 5. The molecule has 2 heterocycles. The van der Waals surface area contributed by atoms with E-state index in [4.69, 9.17) is 4.52 Å². The standard InChI is InChI=1S/C12H17N3O2/c1-8(2)6-9(16)7-11-14-12(15-17-11)10-4-3-5-13-10/h3-5,8-9,13,16H,6-7H2,1-2H3. The third-order valence-corrected chi connectivity index (χ3v) is 2.46. The molecule has 17 heavy (non-hydrogen) atoms. The minimum atomic E-state index is -0.424. The Labute approximate surface area is 99.9 Å². The number of hydrogen-bond acceptors (Lipinski definition) is 4. The van der Waals surface area contributed by atoms with Gasteiger partial charge in [-0.3, -0.25) is 0 Å². The predicted octanol–water partition coefficient (Wildman–Crippen LogP) is 2.01. The molecule has 2 aromatic rings. The number of nitrogens with one attached hydrogen (secondary N) is 1. The molecule has 2 aromatic heterocycles. The van der Waals surface area contributed by atoms with E-state index in [1.807, 2.05) is 12.1 Å². The Hall–Kier alpha value is -1.62. The molecule has 0 saturated carbocycles. The summed E-state index contributed by atoms with van der Waals surface area (Å²) in [4.78, 5) is 7.24. The minimum absolute atomic E-state index is 0.409. The summed E-state index contributed by atoms with van der Waals surface area (Å²) >= 11 is 0. The van der Waals surface area contributed by atoms with Crippen molar-refractivity contribution in [1.82, 2.24) is 15.1 Å². The van der Waals surface area contributed by atoms with Gasteiger partial charge in [0, 0.05) is 6.20 Å². The minimum Gasteiger partial charge on any atom is -0.393 e. The van der Waals surface area contributed by atoms with Gasteiger partial charge in [0.1, 0.15) is 0 Å². The van der Waals surface area contributed by atoms with Crippen molar-refractivity contribution in [3.63, 3.8) is 0 Å². The molecular formula is C12H17N3O2. The molecule has 0 saturated heterocycles. The molecule has 0 aliphatic rings. The van der Waals surface area contributed by atoms with Gasteiger partial charge in [0.2, 0.25) is 11.7 Å². The molecule has 2 N–H and O–H groups in total. The van der Waals surface area contributed by atoms with Gasteiger partial charge in [-0.05, 0) is 24.5 Å². The van der Waals surface area contributed by atoms with E-state index < -0.39 is 6.10 Å². The first kappa shape index (κ1) is 11.9. The van der Waals surface area contributed by atoms with Gasteiger partial charge in [-0.15, -0.1) is 0 Å². The van der Waals surface area contributed by atoms with Crippen molar-refractivity contribution < 1.29 is 9.63 Å². The highest BCUT2D eigenvalue weighted by Gasteiger charge is 2.14. The van der Waals surface area contributed by atoms with E-state index >= 15 is 0 Å². The molecule has 0 aliphatic carbocycles. The van der Waals surface area contributed by atoms with Crippen LogP contribution in [-0.4, -0.2) is 26.3 Å². The van der Waals surface area contributed by atoms with Crippen molar-refractivity contribution in [2.75, 3.05) is 0 Å². The molecule has 0 aromatic carbocycles. The predicted molar refractivity (Wildman–Crippen MR) is 63.3 cm³/mol. The fourth-order valence-corrected chi connectivity index (χ4v) is 1.75. The maximum Gasteiger partial charge on any atom is 0.229 e. The van der Waals surface area contributed by atoms with E-state index in [-0.39, 0.29) is 0 Å². The number of nitrogens with zero attached hydrogens (tertiary/aromatic N) is 2. The van der Waals surface area contributed by atoms with Gasteiger partial charge in [0.25, 0.3) is 0 Å². The molecular weight excluding hydrogens is 218 g/mol. The Bertz CT molecular complexity index is 448. The molecule has 0 spiro atoms. The third-order valence-electron chi connectivity index (χ3n) is 2.46. The van der Waals surface area contributed by atoms with Crippen molar-refractivity contribution in [1.29, 1.82) is 0 Å². The molecule has 0 fully saturated rings. The number of aromatic amines is 1. The molecule has 1 atom stereocenters. The quantitative estimate of drug-likeness (QED) is 0.831. The molecule has 5 heteroatoms. The second kappa shape index (κ2) is 5.14. The van der Waals surface area contributed by atoms with E-state index in [1.165, 1.54) is 0 Å². The number of hydrogen-bond donors (Lipinski definition) is 2. The van der Waals surface area contributed by atoms with Crippen LogP contribution in [0.2, 0.25) is 0 Å². The van der Waals surface area contributed by atoms with E-state index in [0.29, 0.717) is 24.1 Å². The van der Waals surface area contributed by atoms with Crippen LogP contribution in [-0.2, 0) is 6.42 Å². The highest BCUT2D eigenvalue weighted by atomic mass is 16.5. The van der Waals surface area contributed by atoms with Gasteiger partial charge in [0.05, 0.1) is 18.2 Å². The molecule has 2 rings (SSSR count). The van der Waals surface area contributed by atoms with Gasteiger partial charge >= 0.3 is 0 Å². The first-order chi connectivity index (χ1) is 8.15. The Kier molecular flexibility index (Phi) is 3.58. The topological polar surface area (TPSA) is 74.9 Å². The SMILES string of the molecule is CC(C)CC(O)Cc1nc(-c2ccc[nH]2)no1. The maximum absolute atomic E-state index is 9.78. The van der Waals surface area contributed by atoms with Crippen molar-refractivity contribution in [2.45, 2.75) is 32.8 Å². The molecule has 92 valence electrons. The summed E-state index contributed by atoms with van der Waals surface area (Å²) in [7, 11) is 0. The summed E-state index contributed by atoms with van der Waals surface area (Å²) < 4.78 is 5.10. The van der Waals surface area contributed by atoms with E-state index in [9.17, 15) is 5.11 Å². The first-order valence-corrected chi connectivity index (χ1v) is 5.79. The van der Waals surface area contributed by atoms with Gasteiger partial charge in [-0.2, -0.15) is 4.98 Å². The number of aliphatic hydroxyl groups excluding tert-OH is 1. The first-order valence-electron chi connectivity index (χ1n) is 5.79. The smallest absolute Gasteiger partial charge is 0.229 e. The summed E-state index contributed by atoms with van der Waals surface area (Å²) in [6.07, 6.45) is 2.53. The second-order valence-corrected chi connectivity index (χ2v) is 4.58. The molecule has 0 bridgehead atoms. The second-order valence-electron chi connectivity index (χ2n) is 4.58. The van der Waals surface area contributed by atoms with Gasteiger partial charge in [-0.25, -0.2) is 0 Å². The highest BCUT2D eigenvalue weighted by molar-refractivity contribution is 5.47. The van der Waals surface area contributed by atoms with E-state index in [0.717, 1.165) is 12.1 Å². The largest absolute Gasteiger partial charge is 0.393 e. The van der Waals surface area contributed by atoms with Gasteiger partial charge in [-0.1, -0.05) is 19.0 Å². The van der Waals surface area contributed by atoms with Crippen LogP contribution in [0.4, 0.5) is 0 Å². The summed E-state index contributed by atoms with van der Waals surface area (Å²) in [6, 6.07) is 3.75. The number of aliphatic hydroxyl groups is 1. The molecule has 5 nitrogen and oxygen atoms in total. The zero-order chi connectivity index (χ0) is 12.3. The highest BCUT2D eigenvalue weighted by Crippen LogP contribution is 2.15. The lowest BCUT2D eigenvalue weighted by molar-refractivity contribution is 0.138. The molecule has 0 radical (unpaired) electrons. The average Bonchev–Trinajstić information content (AvgIpc) is 2.84. The van der Waals surface area contributed by atoms with Crippen LogP contribution in [0.5, 0.6) is 0 Å². The van der Waals surface area contributed by atoms with Crippen LogP contribution in [0.3, 0.4) is 0 Å². The van der Waals surface area contributed by atoms with Crippen LogP contribution in [0.25, 0.3) is 11.5 Å². The lowest BCUT2D eigenvalue weighted by atomic mass is 10.0. The lowest BCUT2D eigenvalue weighted by Crippen LogP contribution is -2.13. The molecule has 1 unspecified atom stereocenters. The molecule has 0 amide bonds. The summed E-state index contributed by atoms with van der Waals surface area (Å²) in [6.45, 7) is 4.14. The summed E-state index contributed by atoms with van der Waals surface area (Å²) in [5.41, 5.74) is 0.818. The van der Waals surface area contributed by atoms with Crippen LogP contribution in [0, 0.1) is 5.92 Å². The number of H-pyrrole nitrogens is 1. The van der Waals surface area contributed by atoms with Gasteiger partial charge < -0.3 is 14.6 Å². The number of aromatic nitrogens is 3. The average molecular weight is 235 g/mol. The van der Waals surface area contributed by atoms with Crippen LogP contribution in [0.1, 0.15) is 26.2 Å². The van der Waals surface area contributed by atoms with Crippen molar-refractivity contribution >= 4 is 0 Å². The Morgan fingerprint density at radius 1 is 1.47 bits per heavy atom. The fourth-order valence-electron chi connectivity index (χ4n) is 1.75. The monoisotopic (exact) mass is 235 g/mol. The van der Waals surface area contributed by atoms with Crippen LogP contribution in [0.15, 0.2) is 22.9 Å². The van der Waals surface area contributed by atoms with E-state index in [1.54, 1.807) is 6.20 Å². The summed E-state index contributed by atoms with van der Waals surface area (Å²) in [5.74, 6) is 1.46. The van der Waals surface area contributed by atoms with Crippen molar-refractivity contribution in [3.8, 4) is 11.5 Å². The van der Waals surface area contributed by atoms with Crippen LogP contribution >= 0.6 is 0 Å². The van der Waals surface area contributed by atoms with E-state index in [2.05, 4.69) is 29.0 Å². The van der Waals surface area contributed by atoms with Crippen molar-refractivity contribution in [3.05, 3.63) is 24.2 Å². The third kappa shape index (κ3) is 3.17. The zero-order valence-electron chi connectivity index (χ0n) is 10.1. The Morgan fingerprint density at radius 3 is 2.94 bits per heavy atom. The normalized spacial score (nSPS) is 13.2. The summed E-state index contributed by atoms with van der Waals surface area (Å²) in [5, 5.41) is 13.6. The Morgan fingerprint density at radius 2 is 2.29 bits per heavy atom. The van der Waals surface area contributed by atoms with Crippen molar-refractivity contribution in [2.24, 2.45) is 5.92 Å².